The first-order valence-electron chi connectivity index (χ1n) is 5.09. The normalized spacial score (nSPS) is 10.2. The zero-order valence-electron chi connectivity index (χ0n) is 9.00. The fourth-order valence-corrected chi connectivity index (χ4v) is 1.52. The predicted molar refractivity (Wildman–Crippen MR) is 62.6 cm³/mol. The third-order valence-electron chi connectivity index (χ3n) is 2.46. The van der Waals surface area contributed by atoms with Gasteiger partial charge in [0.15, 0.2) is 0 Å². The lowest BCUT2D eigenvalue weighted by molar-refractivity contribution is 0.0696. The Morgan fingerprint density at radius 1 is 1.12 bits per heavy atom. The number of rotatable bonds is 3. The molecule has 0 bridgehead atoms. The number of hydrogen-bond acceptors (Lipinski definition) is 3. The topological polar surface area (TPSA) is 70.4 Å². The van der Waals surface area contributed by atoms with Crippen LogP contribution in [-0.4, -0.2) is 21.2 Å². The van der Waals surface area contributed by atoms with E-state index >= 15 is 0 Å². The molecule has 0 amide bonds. The van der Waals surface area contributed by atoms with E-state index in [1.54, 1.807) is 24.4 Å². The van der Waals surface area contributed by atoms with Crippen LogP contribution in [0.2, 0.25) is 0 Å². The van der Waals surface area contributed by atoms with Crippen LogP contribution in [0.3, 0.4) is 0 Å². The molecule has 2 rings (SSSR count). The minimum absolute atomic E-state index is 0.00625. The van der Waals surface area contributed by atoms with Crippen molar-refractivity contribution in [2.45, 2.75) is 6.61 Å². The molecule has 4 heteroatoms. The van der Waals surface area contributed by atoms with Gasteiger partial charge in [-0.05, 0) is 17.2 Å². The molecule has 0 aliphatic carbocycles. The SMILES string of the molecule is O=C(O)c1cncc(-c2ccc(CO)cc2)c1. The first-order chi connectivity index (χ1) is 8.20. The second kappa shape index (κ2) is 4.76. The summed E-state index contributed by atoms with van der Waals surface area (Å²) in [6.45, 7) is -0.00625. The van der Waals surface area contributed by atoms with Crippen LogP contribution in [0.5, 0.6) is 0 Å². The second-order valence-corrected chi connectivity index (χ2v) is 3.62. The summed E-state index contributed by atoms with van der Waals surface area (Å²) < 4.78 is 0. The number of hydrogen-bond donors (Lipinski definition) is 2. The Balaban J connectivity index is 2.38. The van der Waals surface area contributed by atoms with Crippen molar-refractivity contribution in [2.24, 2.45) is 0 Å². The molecule has 0 atom stereocenters. The number of carbonyl (C=O) groups is 1. The largest absolute Gasteiger partial charge is 0.478 e. The highest BCUT2D eigenvalue weighted by Crippen LogP contribution is 2.20. The van der Waals surface area contributed by atoms with Gasteiger partial charge in [-0.1, -0.05) is 24.3 Å². The van der Waals surface area contributed by atoms with Crippen molar-refractivity contribution in [3.05, 3.63) is 53.9 Å². The van der Waals surface area contributed by atoms with Crippen LogP contribution < -0.4 is 0 Å². The Morgan fingerprint density at radius 3 is 2.41 bits per heavy atom. The van der Waals surface area contributed by atoms with Gasteiger partial charge >= 0.3 is 5.97 Å². The van der Waals surface area contributed by atoms with E-state index < -0.39 is 5.97 Å². The molecule has 0 saturated heterocycles. The minimum atomic E-state index is -0.994. The van der Waals surface area contributed by atoms with E-state index in [0.717, 1.165) is 16.7 Å². The van der Waals surface area contributed by atoms with Gasteiger partial charge in [0, 0.05) is 18.0 Å². The van der Waals surface area contributed by atoms with E-state index in [2.05, 4.69) is 4.98 Å². The Hall–Kier alpha value is -2.20. The summed E-state index contributed by atoms with van der Waals surface area (Å²) >= 11 is 0. The van der Waals surface area contributed by atoms with Gasteiger partial charge in [0.1, 0.15) is 0 Å². The summed E-state index contributed by atoms with van der Waals surface area (Å²) in [7, 11) is 0. The van der Waals surface area contributed by atoms with Crippen LogP contribution in [0, 0.1) is 0 Å². The predicted octanol–water partition coefficient (Wildman–Crippen LogP) is 1.94. The Bertz CT molecular complexity index is 535. The van der Waals surface area contributed by atoms with Crippen molar-refractivity contribution in [1.82, 2.24) is 4.98 Å². The third-order valence-corrected chi connectivity index (χ3v) is 2.46. The standard InChI is InChI=1S/C13H11NO3/c15-8-9-1-3-10(4-2-9)11-5-12(13(16)17)7-14-6-11/h1-7,15H,8H2,(H,16,17). The van der Waals surface area contributed by atoms with Crippen LogP contribution >= 0.6 is 0 Å². The molecule has 0 spiro atoms. The van der Waals surface area contributed by atoms with Crippen molar-refractivity contribution >= 4 is 5.97 Å². The molecule has 0 aliphatic heterocycles. The monoisotopic (exact) mass is 229 g/mol. The summed E-state index contributed by atoms with van der Waals surface area (Å²) in [6.07, 6.45) is 2.92. The number of nitrogens with zero attached hydrogens (tertiary/aromatic N) is 1. The van der Waals surface area contributed by atoms with E-state index in [1.165, 1.54) is 6.20 Å². The third kappa shape index (κ3) is 2.49. The van der Waals surface area contributed by atoms with Gasteiger partial charge in [0.05, 0.1) is 12.2 Å². The van der Waals surface area contributed by atoms with Crippen LogP contribution in [0.1, 0.15) is 15.9 Å². The highest BCUT2D eigenvalue weighted by atomic mass is 16.4. The first kappa shape index (κ1) is 11.3. The van der Waals surface area contributed by atoms with Gasteiger partial charge < -0.3 is 10.2 Å². The number of pyridine rings is 1. The number of aromatic carboxylic acids is 1. The molecule has 0 radical (unpaired) electrons. The van der Waals surface area contributed by atoms with E-state index in [1.807, 2.05) is 12.1 Å². The molecular formula is C13H11NO3. The maximum absolute atomic E-state index is 10.8. The van der Waals surface area contributed by atoms with Gasteiger partial charge in [-0.3, -0.25) is 4.98 Å². The Morgan fingerprint density at radius 2 is 1.82 bits per heavy atom. The Labute approximate surface area is 98.2 Å². The molecule has 0 saturated carbocycles. The zero-order chi connectivity index (χ0) is 12.3. The summed E-state index contributed by atoms with van der Waals surface area (Å²) in [5.41, 5.74) is 2.59. The first-order valence-corrected chi connectivity index (χ1v) is 5.09. The molecule has 0 unspecified atom stereocenters. The molecular weight excluding hydrogens is 218 g/mol. The average molecular weight is 229 g/mol. The number of aliphatic hydroxyl groups is 1. The van der Waals surface area contributed by atoms with Crippen molar-refractivity contribution in [2.75, 3.05) is 0 Å². The number of aromatic nitrogens is 1. The summed E-state index contributed by atoms with van der Waals surface area (Å²) in [6, 6.07) is 8.82. The molecule has 0 fully saturated rings. The maximum Gasteiger partial charge on any atom is 0.337 e. The molecule has 1 aromatic carbocycles. The van der Waals surface area contributed by atoms with E-state index in [9.17, 15) is 4.79 Å². The fourth-order valence-electron chi connectivity index (χ4n) is 1.52. The van der Waals surface area contributed by atoms with Crippen LogP contribution in [0.15, 0.2) is 42.7 Å². The zero-order valence-corrected chi connectivity index (χ0v) is 9.00. The number of benzene rings is 1. The lowest BCUT2D eigenvalue weighted by Crippen LogP contribution is -1.97. The van der Waals surface area contributed by atoms with Gasteiger partial charge in [-0.2, -0.15) is 0 Å². The van der Waals surface area contributed by atoms with E-state index in [-0.39, 0.29) is 12.2 Å². The number of carboxylic acid groups (broad SMARTS) is 1. The molecule has 0 aliphatic rings. The number of carboxylic acids is 1. The second-order valence-electron chi connectivity index (χ2n) is 3.62. The average Bonchev–Trinajstić information content (AvgIpc) is 2.39. The maximum atomic E-state index is 10.8. The molecule has 1 heterocycles. The number of aliphatic hydroxyl groups excluding tert-OH is 1. The highest BCUT2D eigenvalue weighted by molar-refractivity contribution is 5.88. The van der Waals surface area contributed by atoms with Gasteiger partial charge in [0.25, 0.3) is 0 Å². The molecule has 2 aromatic rings. The summed E-state index contributed by atoms with van der Waals surface area (Å²) in [5.74, 6) is -0.994. The minimum Gasteiger partial charge on any atom is -0.478 e. The lowest BCUT2D eigenvalue weighted by atomic mass is 10.0. The van der Waals surface area contributed by atoms with Crippen LogP contribution in [0.4, 0.5) is 0 Å². The lowest BCUT2D eigenvalue weighted by Gasteiger charge is -2.03. The fraction of sp³-hybridized carbons (Fsp3) is 0.0769. The van der Waals surface area contributed by atoms with Gasteiger partial charge in [-0.15, -0.1) is 0 Å². The molecule has 1 aromatic heterocycles. The van der Waals surface area contributed by atoms with Crippen molar-refractivity contribution < 1.29 is 15.0 Å². The summed E-state index contributed by atoms with van der Waals surface area (Å²) in [4.78, 5) is 14.7. The molecule has 17 heavy (non-hydrogen) atoms. The summed E-state index contributed by atoms with van der Waals surface area (Å²) in [5, 5.41) is 17.8. The van der Waals surface area contributed by atoms with E-state index in [4.69, 9.17) is 10.2 Å². The van der Waals surface area contributed by atoms with Crippen molar-refractivity contribution in [3.63, 3.8) is 0 Å². The van der Waals surface area contributed by atoms with Crippen molar-refractivity contribution in [3.8, 4) is 11.1 Å². The van der Waals surface area contributed by atoms with Gasteiger partial charge in [-0.25, -0.2) is 4.79 Å². The Kier molecular flexibility index (Phi) is 3.16. The van der Waals surface area contributed by atoms with Gasteiger partial charge in [0.2, 0.25) is 0 Å². The van der Waals surface area contributed by atoms with E-state index in [0.29, 0.717) is 0 Å². The van der Waals surface area contributed by atoms with Crippen LogP contribution in [0.25, 0.3) is 11.1 Å². The highest BCUT2D eigenvalue weighted by Gasteiger charge is 2.05. The smallest absolute Gasteiger partial charge is 0.337 e. The quantitative estimate of drug-likeness (QED) is 0.843. The molecule has 86 valence electrons. The van der Waals surface area contributed by atoms with Crippen molar-refractivity contribution in [1.29, 1.82) is 0 Å². The molecule has 2 N–H and O–H groups in total. The molecule has 4 nitrogen and oxygen atoms in total. The van der Waals surface area contributed by atoms with Crippen LogP contribution in [-0.2, 0) is 6.61 Å².